The Labute approximate surface area is 137 Å². The number of aromatic nitrogens is 4. The van der Waals surface area contributed by atoms with Gasteiger partial charge in [-0.05, 0) is 26.3 Å². The van der Waals surface area contributed by atoms with Crippen molar-refractivity contribution in [2.45, 2.75) is 32.7 Å². The van der Waals surface area contributed by atoms with Gasteiger partial charge in [0.1, 0.15) is 10.7 Å². The maximum absolute atomic E-state index is 12.4. The van der Waals surface area contributed by atoms with E-state index < -0.39 is 5.54 Å². The van der Waals surface area contributed by atoms with Crippen LogP contribution in [0.25, 0.3) is 5.65 Å². The molecule has 3 aromatic heterocycles. The van der Waals surface area contributed by atoms with Crippen molar-refractivity contribution in [2.24, 2.45) is 0 Å². The summed E-state index contributed by atoms with van der Waals surface area (Å²) in [5.41, 5.74) is 1.61. The number of hydrogen-bond donors (Lipinski definition) is 2. The third-order valence-corrected chi connectivity index (χ3v) is 4.94. The number of hydrogen-bond acceptors (Lipinski definition) is 5. The molecule has 3 aromatic rings. The van der Waals surface area contributed by atoms with Crippen LogP contribution in [0.1, 0.15) is 31.0 Å². The number of nitrogens with one attached hydrogen (secondary N) is 2. The van der Waals surface area contributed by atoms with Gasteiger partial charge < -0.3 is 10.6 Å². The van der Waals surface area contributed by atoms with Crippen LogP contribution in [0.2, 0.25) is 0 Å². The fourth-order valence-corrected chi connectivity index (χ4v) is 3.21. The van der Waals surface area contributed by atoms with E-state index in [2.05, 4.69) is 25.7 Å². The summed E-state index contributed by atoms with van der Waals surface area (Å²) in [5.74, 6) is 0. The molecule has 1 unspecified atom stereocenters. The minimum absolute atomic E-state index is 0.303. The highest BCUT2D eigenvalue weighted by Gasteiger charge is 2.30. The van der Waals surface area contributed by atoms with Gasteiger partial charge in [-0.15, -0.1) is 11.3 Å². The average Bonchev–Trinajstić information content (AvgIpc) is 3.14. The van der Waals surface area contributed by atoms with Crippen molar-refractivity contribution < 1.29 is 4.79 Å². The Hall–Kier alpha value is -2.48. The van der Waals surface area contributed by atoms with Crippen LogP contribution in [0.5, 0.6) is 0 Å². The molecule has 0 saturated heterocycles. The summed E-state index contributed by atoms with van der Waals surface area (Å²) in [5, 5.41) is 12.9. The van der Waals surface area contributed by atoms with E-state index in [-0.39, 0.29) is 6.03 Å². The highest BCUT2D eigenvalue weighted by molar-refractivity contribution is 7.09. The molecule has 7 nitrogen and oxygen atoms in total. The fraction of sp³-hybridized carbons (Fsp3) is 0.333. The van der Waals surface area contributed by atoms with E-state index in [1.54, 1.807) is 40.5 Å². The lowest BCUT2D eigenvalue weighted by Crippen LogP contribution is -2.45. The predicted molar refractivity (Wildman–Crippen MR) is 89.6 cm³/mol. The summed E-state index contributed by atoms with van der Waals surface area (Å²) in [6.07, 6.45) is 5.76. The van der Waals surface area contributed by atoms with Crippen molar-refractivity contribution in [3.05, 3.63) is 40.7 Å². The lowest BCUT2D eigenvalue weighted by Gasteiger charge is -2.27. The minimum atomic E-state index is -0.514. The van der Waals surface area contributed by atoms with Crippen molar-refractivity contribution in [1.29, 1.82) is 0 Å². The first-order valence-corrected chi connectivity index (χ1v) is 8.20. The molecular weight excluding hydrogens is 312 g/mol. The number of carbonyl (C=O) groups is 1. The van der Waals surface area contributed by atoms with E-state index in [1.807, 2.05) is 26.2 Å². The second kappa shape index (κ2) is 5.96. The van der Waals surface area contributed by atoms with Crippen LogP contribution in [-0.2, 0) is 5.54 Å². The van der Waals surface area contributed by atoms with E-state index in [4.69, 9.17) is 0 Å². The topological polar surface area (TPSA) is 84.2 Å². The van der Waals surface area contributed by atoms with Gasteiger partial charge in [-0.1, -0.05) is 6.92 Å². The molecule has 0 fully saturated rings. The lowest BCUT2D eigenvalue weighted by molar-refractivity contribution is 0.237. The third kappa shape index (κ3) is 3.02. The first-order valence-electron chi connectivity index (χ1n) is 7.32. The summed E-state index contributed by atoms with van der Waals surface area (Å²) in [6, 6.07) is 1.48. The van der Waals surface area contributed by atoms with E-state index in [9.17, 15) is 4.79 Å². The smallest absolute Gasteiger partial charge is 0.320 e. The van der Waals surface area contributed by atoms with Crippen LogP contribution in [0, 0.1) is 6.92 Å². The first kappa shape index (κ1) is 15.4. The Kier molecular flexibility index (Phi) is 3.99. The van der Waals surface area contributed by atoms with Crippen LogP contribution in [0.4, 0.5) is 10.5 Å². The fourth-order valence-electron chi connectivity index (χ4n) is 2.22. The minimum Gasteiger partial charge on any atom is -0.326 e. The standard InChI is InChI=1S/C15H18N6OS/c1-4-15(3,13-18-10(2)9-23-13)20-14(22)19-11-8-17-21-7-5-6-16-12(11)21/h5-9H,4H2,1-3H3,(H2,19,20,22). The zero-order valence-corrected chi connectivity index (χ0v) is 14.0. The van der Waals surface area contributed by atoms with Crippen molar-refractivity contribution >= 4 is 28.7 Å². The number of anilines is 1. The summed E-state index contributed by atoms with van der Waals surface area (Å²) in [6.45, 7) is 5.94. The molecule has 0 saturated carbocycles. The second-order valence-electron chi connectivity index (χ2n) is 5.50. The van der Waals surface area contributed by atoms with Crippen LogP contribution < -0.4 is 10.6 Å². The van der Waals surface area contributed by atoms with Gasteiger partial charge in [0.15, 0.2) is 5.65 Å². The normalized spacial score (nSPS) is 13.7. The van der Waals surface area contributed by atoms with Gasteiger partial charge in [-0.2, -0.15) is 5.10 Å². The van der Waals surface area contributed by atoms with Crippen LogP contribution in [-0.4, -0.2) is 25.6 Å². The highest BCUT2D eigenvalue weighted by Crippen LogP contribution is 2.27. The largest absolute Gasteiger partial charge is 0.326 e. The number of amides is 2. The molecule has 2 N–H and O–H groups in total. The number of thiazole rings is 1. The van der Waals surface area contributed by atoms with Gasteiger partial charge in [0, 0.05) is 23.5 Å². The van der Waals surface area contributed by atoms with Crippen molar-refractivity contribution in [3.8, 4) is 0 Å². The number of aryl methyl sites for hydroxylation is 1. The molecule has 0 aromatic carbocycles. The molecule has 0 aliphatic carbocycles. The highest BCUT2D eigenvalue weighted by atomic mass is 32.1. The maximum atomic E-state index is 12.4. The summed E-state index contributed by atoms with van der Waals surface area (Å²) >= 11 is 1.55. The molecule has 2 amide bonds. The number of fused-ring (bicyclic) bond motifs is 1. The molecule has 3 heterocycles. The monoisotopic (exact) mass is 330 g/mol. The molecule has 0 aliphatic rings. The van der Waals surface area contributed by atoms with E-state index >= 15 is 0 Å². The van der Waals surface area contributed by atoms with Gasteiger partial charge in [0.2, 0.25) is 0 Å². The number of carbonyl (C=O) groups excluding carboxylic acids is 1. The Morgan fingerprint density at radius 1 is 1.48 bits per heavy atom. The molecule has 3 rings (SSSR count). The third-order valence-electron chi connectivity index (χ3n) is 3.72. The van der Waals surface area contributed by atoms with Gasteiger partial charge in [-0.25, -0.2) is 19.3 Å². The number of nitrogens with zero attached hydrogens (tertiary/aromatic N) is 4. The Balaban J connectivity index is 1.78. The average molecular weight is 330 g/mol. The van der Waals surface area contributed by atoms with Gasteiger partial charge in [-0.3, -0.25) is 0 Å². The second-order valence-corrected chi connectivity index (χ2v) is 6.36. The maximum Gasteiger partial charge on any atom is 0.320 e. The summed E-state index contributed by atoms with van der Waals surface area (Å²) < 4.78 is 1.61. The van der Waals surface area contributed by atoms with Crippen LogP contribution >= 0.6 is 11.3 Å². The quantitative estimate of drug-likeness (QED) is 0.770. The van der Waals surface area contributed by atoms with Crippen LogP contribution in [0.3, 0.4) is 0 Å². The van der Waals surface area contributed by atoms with Gasteiger partial charge in [0.05, 0.1) is 11.7 Å². The Morgan fingerprint density at radius 3 is 3.00 bits per heavy atom. The first-order chi connectivity index (χ1) is 11.0. The SMILES string of the molecule is CCC(C)(NC(=O)Nc1cnn2cccnc12)c1nc(C)cs1. The van der Waals surface area contributed by atoms with Crippen LogP contribution in [0.15, 0.2) is 30.0 Å². The van der Waals surface area contributed by atoms with E-state index in [0.29, 0.717) is 11.3 Å². The summed E-state index contributed by atoms with van der Waals surface area (Å²) in [7, 11) is 0. The van der Waals surface area contributed by atoms with Crippen molar-refractivity contribution in [1.82, 2.24) is 24.9 Å². The number of urea groups is 1. The molecule has 0 bridgehead atoms. The van der Waals surface area contributed by atoms with E-state index in [0.717, 1.165) is 17.1 Å². The van der Waals surface area contributed by atoms with Gasteiger partial charge in [0.25, 0.3) is 0 Å². The molecule has 1 atom stereocenters. The lowest BCUT2D eigenvalue weighted by atomic mass is 10.0. The molecule has 23 heavy (non-hydrogen) atoms. The van der Waals surface area contributed by atoms with E-state index in [1.165, 1.54) is 0 Å². The molecular formula is C15H18N6OS. The Morgan fingerprint density at radius 2 is 2.30 bits per heavy atom. The summed E-state index contributed by atoms with van der Waals surface area (Å²) in [4.78, 5) is 21.1. The van der Waals surface area contributed by atoms with Crippen molar-refractivity contribution in [3.63, 3.8) is 0 Å². The van der Waals surface area contributed by atoms with Gasteiger partial charge >= 0.3 is 6.03 Å². The molecule has 0 spiro atoms. The molecule has 0 aliphatic heterocycles. The molecule has 120 valence electrons. The predicted octanol–water partition coefficient (Wildman–Crippen LogP) is 2.94. The Bertz CT molecular complexity index is 841. The van der Waals surface area contributed by atoms with Crippen molar-refractivity contribution in [2.75, 3.05) is 5.32 Å². The zero-order chi connectivity index (χ0) is 16.4. The zero-order valence-electron chi connectivity index (χ0n) is 13.2. The molecule has 8 heteroatoms. The number of rotatable bonds is 4. The molecule has 0 radical (unpaired) electrons.